The highest BCUT2D eigenvalue weighted by Crippen LogP contribution is 2.30. The van der Waals surface area contributed by atoms with E-state index in [-0.39, 0.29) is 23.8 Å². The zero-order valence-electron chi connectivity index (χ0n) is 19.5. The predicted molar refractivity (Wildman–Crippen MR) is 119 cm³/mol. The molecule has 0 aromatic heterocycles. The van der Waals surface area contributed by atoms with Gasteiger partial charge in [-0.3, -0.25) is 9.59 Å². The highest BCUT2D eigenvalue weighted by atomic mass is 16.5. The molecule has 1 aliphatic carbocycles. The van der Waals surface area contributed by atoms with Gasteiger partial charge in [0.05, 0.1) is 25.0 Å². The molecule has 4 nitrogen and oxygen atoms in total. The molecule has 1 fully saturated rings. The van der Waals surface area contributed by atoms with Crippen molar-refractivity contribution < 1.29 is 19.1 Å². The minimum Gasteiger partial charge on any atom is -0.465 e. The van der Waals surface area contributed by atoms with Crippen LogP contribution >= 0.6 is 0 Å². The van der Waals surface area contributed by atoms with Crippen LogP contribution in [0.5, 0.6) is 0 Å². The van der Waals surface area contributed by atoms with Crippen molar-refractivity contribution in [3.8, 4) is 0 Å². The van der Waals surface area contributed by atoms with Crippen molar-refractivity contribution in [3.63, 3.8) is 0 Å². The maximum atomic E-state index is 12.2. The molecular weight excluding hydrogens is 364 g/mol. The smallest absolute Gasteiger partial charge is 0.308 e. The predicted octanol–water partition coefficient (Wildman–Crippen LogP) is 6.70. The summed E-state index contributed by atoms with van der Waals surface area (Å²) in [4.78, 5) is 24.3. The van der Waals surface area contributed by atoms with E-state index >= 15 is 0 Å². The van der Waals surface area contributed by atoms with Crippen LogP contribution in [0.25, 0.3) is 0 Å². The molecule has 0 heterocycles. The highest BCUT2D eigenvalue weighted by Gasteiger charge is 2.31. The molecular formula is C25H46O4. The quantitative estimate of drug-likeness (QED) is 0.222. The number of hydrogen-bond acceptors (Lipinski definition) is 4. The van der Waals surface area contributed by atoms with E-state index in [2.05, 4.69) is 27.7 Å². The number of carbonyl (C=O) groups is 2. The van der Waals surface area contributed by atoms with Crippen LogP contribution < -0.4 is 0 Å². The number of unbranched alkanes of at least 4 members (excludes halogenated alkanes) is 6. The molecule has 0 aromatic carbocycles. The molecule has 0 atom stereocenters. The number of esters is 2. The Hall–Kier alpha value is -1.06. The van der Waals surface area contributed by atoms with Gasteiger partial charge in [0.2, 0.25) is 0 Å². The fourth-order valence-electron chi connectivity index (χ4n) is 3.91. The van der Waals surface area contributed by atoms with Crippen molar-refractivity contribution >= 4 is 11.9 Å². The lowest BCUT2D eigenvalue weighted by Crippen LogP contribution is -2.28. The Labute approximate surface area is 179 Å². The first-order valence-corrected chi connectivity index (χ1v) is 12.2. The van der Waals surface area contributed by atoms with Gasteiger partial charge in [0, 0.05) is 0 Å². The Morgan fingerprint density at radius 1 is 0.621 bits per heavy atom. The number of hydrogen-bond donors (Lipinski definition) is 0. The molecule has 0 unspecified atom stereocenters. The highest BCUT2D eigenvalue weighted by molar-refractivity contribution is 5.75. The summed E-state index contributed by atoms with van der Waals surface area (Å²) in [6.07, 6.45) is 13.9. The van der Waals surface area contributed by atoms with E-state index in [4.69, 9.17) is 9.47 Å². The van der Waals surface area contributed by atoms with E-state index in [9.17, 15) is 9.59 Å². The lowest BCUT2D eigenvalue weighted by atomic mass is 9.82. The van der Waals surface area contributed by atoms with Gasteiger partial charge in [0.25, 0.3) is 0 Å². The molecule has 0 aromatic rings. The lowest BCUT2D eigenvalue weighted by Gasteiger charge is -2.26. The minimum absolute atomic E-state index is 0.0318. The van der Waals surface area contributed by atoms with Crippen molar-refractivity contribution in [2.45, 2.75) is 111 Å². The van der Waals surface area contributed by atoms with Crippen LogP contribution in [0.2, 0.25) is 0 Å². The summed E-state index contributed by atoms with van der Waals surface area (Å²) in [5.74, 6) is 1.15. The maximum absolute atomic E-state index is 12.2. The Morgan fingerprint density at radius 3 is 1.52 bits per heavy atom. The Balaban J connectivity index is 2.00. The molecule has 0 saturated heterocycles. The van der Waals surface area contributed by atoms with Crippen LogP contribution in [0.3, 0.4) is 0 Å². The summed E-state index contributed by atoms with van der Waals surface area (Å²) in [6, 6.07) is 0. The summed E-state index contributed by atoms with van der Waals surface area (Å²) in [5.41, 5.74) is 0. The summed E-state index contributed by atoms with van der Waals surface area (Å²) >= 11 is 0. The molecule has 170 valence electrons. The molecule has 1 saturated carbocycles. The molecule has 0 amide bonds. The van der Waals surface area contributed by atoms with Crippen molar-refractivity contribution in [3.05, 3.63) is 0 Å². The maximum Gasteiger partial charge on any atom is 0.308 e. The second kappa shape index (κ2) is 15.7. The van der Waals surface area contributed by atoms with Crippen LogP contribution in [0.4, 0.5) is 0 Å². The zero-order valence-corrected chi connectivity index (χ0v) is 19.5. The molecule has 0 aliphatic heterocycles. The lowest BCUT2D eigenvalue weighted by molar-refractivity contribution is -0.155. The number of ether oxygens (including phenoxy) is 2. The van der Waals surface area contributed by atoms with Gasteiger partial charge in [0.1, 0.15) is 0 Å². The summed E-state index contributed by atoms with van der Waals surface area (Å²) in [6.45, 7) is 9.88. The van der Waals surface area contributed by atoms with Crippen molar-refractivity contribution in [2.24, 2.45) is 23.7 Å². The fourth-order valence-corrected chi connectivity index (χ4v) is 3.91. The third kappa shape index (κ3) is 13.0. The topological polar surface area (TPSA) is 52.6 Å². The van der Waals surface area contributed by atoms with E-state index in [1.54, 1.807) is 0 Å². The first-order valence-electron chi connectivity index (χ1n) is 12.2. The van der Waals surface area contributed by atoms with Crippen LogP contribution in [0.15, 0.2) is 0 Å². The van der Waals surface area contributed by atoms with Crippen molar-refractivity contribution in [1.29, 1.82) is 0 Å². The van der Waals surface area contributed by atoms with Gasteiger partial charge in [-0.15, -0.1) is 0 Å². The van der Waals surface area contributed by atoms with Gasteiger partial charge in [-0.2, -0.15) is 0 Å². The van der Waals surface area contributed by atoms with E-state index in [0.29, 0.717) is 19.1 Å². The fraction of sp³-hybridized carbons (Fsp3) is 0.920. The largest absolute Gasteiger partial charge is 0.465 e. The Kier molecular flexibility index (Phi) is 14.1. The zero-order chi connectivity index (χ0) is 21.5. The van der Waals surface area contributed by atoms with Gasteiger partial charge in [-0.05, 0) is 50.4 Å². The van der Waals surface area contributed by atoms with Gasteiger partial charge < -0.3 is 9.47 Å². The molecule has 0 spiro atoms. The molecule has 1 aliphatic rings. The first-order chi connectivity index (χ1) is 13.9. The Bertz CT molecular complexity index is 436. The third-order valence-corrected chi connectivity index (χ3v) is 6.00. The van der Waals surface area contributed by atoms with Crippen LogP contribution in [0, 0.1) is 23.7 Å². The molecule has 1 rings (SSSR count). The van der Waals surface area contributed by atoms with E-state index in [1.807, 2.05) is 0 Å². The number of carbonyl (C=O) groups excluding carboxylic acids is 2. The van der Waals surface area contributed by atoms with Gasteiger partial charge in [0.15, 0.2) is 0 Å². The monoisotopic (exact) mass is 410 g/mol. The molecule has 29 heavy (non-hydrogen) atoms. The normalized spacial score (nSPS) is 19.5. The van der Waals surface area contributed by atoms with E-state index < -0.39 is 0 Å². The average molecular weight is 411 g/mol. The van der Waals surface area contributed by atoms with Crippen LogP contribution in [0.1, 0.15) is 111 Å². The number of rotatable bonds is 15. The summed E-state index contributed by atoms with van der Waals surface area (Å²) < 4.78 is 10.9. The van der Waals surface area contributed by atoms with Gasteiger partial charge in [-0.25, -0.2) is 0 Å². The minimum atomic E-state index is -0.0818. The SMILES string of the molecule is CC(C)CCCCCCCCCOC(=O)C1CCC(C(=O)OCCC(C)C)CC1. The molecule has 0 N–H and O–H groups in total. The van der Waals surface area contributed by atoms with Crippen LogP contribution in [-0.4, -0.2) is 25.2 Å². The van der Waals surface area contributed by atoms with Crippen molar-refractivity contribution in [1.82, 2.24) is 0 Å². The summed E-state index contributed by atoms with van der Waals surface area (Å²) in [5, 5.41) is 0. The van der Waals surface area contributed by atoms with Gasteiger partial charge >= 0.3 is 11.9 Å². The molecule has 0 radical (unpaired) electrons. The Morgan fingerprint density at radius 2 is 1.03 bits per heavy atom. The second-order valence-corrected chi connectivity index (χ2v) is 9.72. The molecule has 4 heteroatoms. The third-order valence-electron chi connectivity index (χ3n) is 6.00. The summed E-state index contributed by atoms with van der Waals surface area (Å²) in [7, 11) is 0. The van der Waals surface area contributed by atoms with E-state index in [1.165, 1.54) is 38.5 Å². The van der Waals surface area contributed by atoms with Crippen molar-refractivity contribution in [2.75, 3.05) is 13.2 Å². The first kappa shape index (κ1) is 26.0. The van der Waals surface area contributed by atoms with Crippen LogP contribution in [-0.2, 0) is 19.1 Å². The molecule has 0 bridgehead atoms. The van der Waals surface area contributed by atoms with E-state index in [0.717, 1.165) is 50.9 Å². The van der Waals surface area contributed by atoms with Gasteiger partial charge in [-0.1, -0.05) is 72.6 Å². The average Bonchev–Trinajstić information content (AvgIpc) is 2.68. The standard InChI is InChI=1S/C25H46O4/c1-20(2)12-10-8-6-5-7-9-11-18-28-24(26)22-13-15-23(16-14-22)25(27)29-19-17-21(3)4/h20-23H,5-19H2,1-4H3. The second-order valence-electron chi connectivity index (χ2n) is 9.72.